The Kier molecular flexibility index (Phi) is 13.0. The Morgan fingerprint density at radius 3 is 2.41 bits per heavy atom. The molecule has 0 spiro atoms. The number of rotatable bonds is 4. The van der Waals surface area contributed by atoms with Crippen molar-refractivity contribution in [1.82, 2.24) is 15.1 Å². The van der Waals surface area contributed by atoms with Gasteiger partial charge in [0, 0.05) is 32.9 Å². The summed E-state index contributed by atoms with van der Waals surface area (Å²) in [6, 6.07) is 7.99. The van der Waals surface area contributed by atoms with E-state index in [1.165, 1.54) is 0 Å². The van der Waals surface area contributed by atoms with Gasteiger partial charge >= 0.3 is 6.09 Å². The van der Waals surface area contributed by atoms with Gasteiger partial charge in [-0.3, -0.25) is 5.10 Å². The maximum absolute atomic E-state index is 12.2. The fourth-order valence-electron chi connectivity index (χ4n) is 2.35. The third kappa shape index (κ3) is 8.28. The van der Waals surface area contributed by atoms with Gasteiger partial charge in [0.15, 0.2) is 0 Å². The second-order valence-corrected chi connectivity index (χ2v) is 6.59. The molecule has 1 amide bonds. The summed E-state index contributed by atoms with van der Waals surface area (Å²) in [5, 5.41) is 8.53. The van der Waals surface area contributed by atoms with E-state index in [0.29, 0.717) is 6.54 Å². The largest absolute Gasteiger partial charge is 0.444 e. The van der Waals surface area contributed by atoms with Gasteiger partial charge in [0.05, 0.1) is 17.8 Å². The molecule has 5 nitrogen and oxygen atoms in total. The summed E-state index contributed by atoms with van der Waals surface area (Å²) < 4.78 is 5.41. The van der Waals surface area contributed by atoms with Gasteiger partial charge in [-0.25, -0.2) is 4.79 Å². The molecular weight excluding hydrogens is 433 g/mol. The number of likely N-dealkylation sites (N-methyl/N-ethyl adjacent to an activating group) is 1. The molecule has 1 aromatic carbocycles. The standard InChI is InChI=1S/C18H25N3O2.C2H6.CH3.Pd/c1-6-9-13(12-21(5)17(22)23-18(2,3)4)16-14-10-7-8-11-15(14)19-20-16;1-2;;/h7-11H,6,12H2,1-5H3,(H,19,20);1-2H3;1H3;/q;;-1;/b13-9+;;;. The van der Waals surface area contributed by atoms with E-state index in [0.717, 1.165) is 28.6 Å². The molecular formula is C21H34N3O2Pd-. The first-order valence-electron chi connectivity index (χ1n) is 8.88. The van der Waals surface area contributed by atoms with E-state index in [1.807, 2.05) is 58.9 Å². The normalized spacial score (nSPS) is 10.9. The second kappa shape index (κ2) is 12.7. The van der Waals surface area contributed by atoms with Crippen LogP contribution in [0.4, 0.5) is 4.79 Å². The molecule has 1 heterocycles. The molecule has 0 saturated heterocycles. The zero-order valence-corrected chi connectivity index (χ0v) is 19.4. The van der Waals surface area contributed by atoms with Crippen molar-refractivity contribution < 1.29 is 30.0 Å². The van der Waals surface area contributed by atoms with E-state index < -0.39 is 5.60 Å². The van der Waals surface area contributed by atoms with Crippen molar-refractivity contribution >= 4 is 22.6 Å². The number of para-hydroxylation sites is 1. The Morgan fingerprint density at radius 1 is 1.26 bits per heavy atom. The van der Waals surface area contributed by atoms with Crippen molar-refractivity contribution in [2.75, 3.05) is 13.6 Å². The van der Waals surface area contributed by atoms with Gasteiger partial charge in [-0.05, 0) is 38.8 Å². The number of nitrogens with one attached hydrogen (secondary N) is 1. The van der Waals surface area contributed by atoms with Crippen molar-refractivity contribution in [2.24, 2.45) is 0 Å². The number of nitrogens with zero attached hydrogens (tertiary/aromatic N) is 2. The minimum atomic E-state index is -0.501. The summed E-state index contributed by atoms with van der Waals surface area (Å²) in [5.74, 6) is 0. The van der Waals surface area contributed by atoms with Crippen molar-refractivity contribution in [1.29, 1.82) is 0 Å². The van der Waals surface area contributed by atoms with Crippen molar-refractivity contribution in [3.05, 3.63) is 43.5 Å². The van der Waals surface area contributed by atoms with Crippen LogP contribution in [-0.2, 0) is 25.2 Å². The summed E-state index contributed by atoms with van der Waals surface area (Å²) in [7, 11) is 1.74. The minimum Gasteiger partial charge on any atom is -0.444 e. The SMILES string of the molecule is CC.CC/C=C(\CN(C)C(=O)OC(C)(C)C)c1n[nH]c2ccccc12.[CH3-].[Pd]. The predicted octanol–water partition coefficient (Wildman–Crippen LogP) is 5.70. The quantitative estimate of drug-likeness (QED) is 0.464. The van der Waals surface area contributed by atoms with Crippen LogP contribution in [0.25, 0.3) is 16.5 Å². The van der Waals surface area contributed by atoms with Crippen LogP contribution >= 0.6 is 0 Å². The number of aromatic amines is 1. The number of aromatic nitrogens is 2. The van der Waals surface area contributed by atoms with Gasteiger partial charge in [0.25, 0.3) is 0 Å². The Bertz CT molecular complexity index is 718. The number of carbonyl (C=O) groups excluding carboxylic acids is 1. The zero-order chi connectivity index (χ0) is 19.0. The van der Waals surface area contributed by atoms with Gasteiger partial charge in [-0.2, -0.15) is 5.10 Å². The van der Waals surface area contributed by atoms with Crippen LogP contribution in [0.5, 0.6) is 0 Å². The van der Waals surface area contributed by atoms with Gasteiger partial charge in [-0.15, -0.1) is 0 Å². The molecule has 0 unspecified atom stereocenters. The number of H-pyrrole nitrogens is 1. The van der Waals surface area contributed by atoms with Crippen LogP contribution in [0, 0.1) is 7.43 Å². The van der Waals surface area contributed by atoms with Crippen LogP contribution < -0.4 is 0 Å². The number of benzene rings is 1. The van der Waals surface area contributed by atoms with Gasteiger partial charge in [0.2, 0.25) is 0 Å². The summed E-state index contributed by atoms with van der Waals surface area (Å²) >= 11 is 0. The molecule has 1 aromatic heterocycles. The van der Waals surface area contributed by atoms with Gasteiger partial charge in [-0.1, -0.05) is 45.0 Å². The molecule has 1 N–H and O–H groups in total. The molecule has 0 saturated carbocycles. The van der Waals surface area contributed by atoms with E-state index in [9.17, 15) is 4.79 Å². The van der Waals surface area contributed by atoms with Crippen LogP contribution in [-0.4, -0.2) is 40.4 Å². The van der Waals surface area contributed by atoms with Crippen molar-refractivity contribution in [3.63, 3.8) is 0 Å². The summed E-state index contributed by atoms with van der Waals surface area (Å²) in [4.78, 5) is 13.8. The maximum Gasteiger partial charge on any atom is 0.410 e. The number of carbonyl (C=O) groups is 1. The first kappa shape index (κ1) is 27.6. The zero-order valence-electron chi connectivity index (χ0n) is 17.8. The molecule has 0 fully saturated rings. The molecule has 0 atom stereocenters. The second-order valence-electron chi connectivity index (χ2n) is 6.59. The van der Waals surface area contributed by atoms with Gasteiger partial charge in [0.1, 0.15) is 5.60 Å². The Morgan fingerprint density at radius 2 is 1.85 bits per heavy atom. The third-order valence-corrected chi connectivity index (χ3v) is 3.34. The average Bonchev–Trinajstić information content (AvgIpc) is 2.98. The Labute approximate surface area is 178 Å². The number of fused-ring (bicyclic) bond motifs is 1. The molecule has 0 aliphatic carbocycles. The first-order valence-corrected chi connectivity index (χ1v) is 8.88. The molecule has 2 aromatic rings. The number of amides is 1. The summed E-state index contributed by atoms with van der Waals surface area (Å²) in [6.07, 6.45) is 2.64. The molecule has 27 heavy (non-hydrogen) atoms. The fourth-order valence-corrected chi connectivity index (χ4v) is 2.35. The van der Waals surface area contributed by atoms with E-state index >= 15 is 0 Å². The maximum atomic E-state index is 12.2. The monoisotopic (exact) mass is 466 g/mol. The van der Waals surface area contributed by atoms with Crippen LogP contribution in [0.2, 0.25) is 0 Å². The fraction of sp³-hybridized carbons (Fsp3) is 0.476. The minimum absolute atomic E-state index is 0. The summed E-state index contributed by atoms with van der Waals surface area (Å²) in [5.41, 5.74) is 2.39. The number of allylic oxidation sites excluding steroid dienone is 1. The third-order valence-electron chi connectivity index (χ3n) is 3.34. The topological polar surface area (TPSA) is 58.2 Å². The van der Waals surface area contributed by atoms with E-state index in [4.69, 9.17) is 4.74 Å². The predicted molar refractivity (Wildman–Crippen MR) is 111 cm³/mol. The smallest absolute Gasteiger partial charge is 0.410 e. The van der Waals surface area contributed by atoms with Crippen LogP contribution in [0.3, 0.4) is 0 Å². The molecule has 6 heteroatoms. The molecule has 0 aliphatic heterocycles. The van der Waals surface area contributed by atoms with Crippen LogP contribution in [0.1, 0.15) is 53.7 Å². The Hall–Kier alpha value is -1.64. The molecule has 2 rings (SSSR count). The van der Waals surface area contributed by atoms with Crippen LogP contribution in [0.15, 0.2) is 30.3 Å². The number of hydrogen-bond acceptors (Lipinski definition) is 3. The first-order chi connectivity index (χ1) is 11.8. The Balaban J connectivity index is 0. The average molecular weight is 467 g/mol. The number of hydrogen-bond donors (Lipinski definition) is 1. The molecule has 0 aliphatic rings. The van der Waals surface area contributed by atoms with Gasteiger partial charge < -0.3 is 17.1 Å². The molecule has 156 valence electrons. The van der Waals surface area contributed by atoms with E-state index in [2.05, 4.69) is 23.2 Å². The van der Waals surface area contributed by atoms with Crippen molar-refractivity contribution in [2.45, 2.75) is 53.6 Å². The summed E-state index contributed by atoms with van der Waals surface area (Å²) in [6.45, 7) is 12.1. The van der Waals surface area contributed by atoms with Crippen molar-refractivity contribution in [3.8, 4) is 0 Å². The van der Waals surface area contributed by atoms with E-state index in [-0.39, 0.29) is 33.9 Å². The molecule has 0 bridgehead atoms. The van der Waals surface area contributed by atoms with E-state index in [1.54, 1.807) is 11.9 Å². The number of ether oxygens (including phenoxy) is 1. The molecule has 0 radical (unpaired) electrons.